The van der Waals surface area contributed by atoms with Gasteiger partial charge in [-0.05, 0) is 29.8 Å². The van der Waals surface area contributed by atoms with Crippen LogP contribution in [0.3, 0.4) is 0 Å². The Morgan fingerprint density at radius 1 is 1.17 bits per heavy atom. The summed E-state index contributed by atoms with van der Waals surface area (Å²) in [4.78, 5) is 10.8. The molecule has 0 bridgehead atoms. The number of benzene rings is 2. The Kier molecular flexibility index (Phi) is 7.65. The number of halogens is 3. The highest BCUT2D eigenvalue weighted by molar-refractivity contribution is 6.35. The highest BCUT2D eigenvalue weighted by Crippen LogP contribution is 2.32. The maximum Gasteiger partial charge on any atom is 0.335 e. The van der Waals surface area contributed by atoms with Crippen molar-refractivity contribution in [3.8, 4) is 5.75 Å². The fourth-order valence-electron chi connectivity index (χ4n) is 2.08. The molecular formula is C16H15Cl3NO3-. The Morgan fingerprint density at radius 3 is 2.39 bits per heavy atom. The van der Waals surface area contributed by atoms with Crippen molar-refractivity contribution in [3.63, 3.8) is 0 Å². The quantitative estimate of drug-likeness (QED) is 0.791. The van der Waals surface area contributed by atoms with Gasteiger partial charge in [0.25, 0.3) is 0 Å². The van der Waals surface area contributed by atoms with E-state index in [1.165, 1.54) is 0 Å². The minimum atomic E-state index is -0.933. The van der Waals surface area contributed by atoms with E-state index in [-0.39, 0.29) is 18.0 Å². The van der Waals surface area contributed by atoms with E-state index < -0.39 is 5.97 Å². The first-order valence-corrected chi connectivity index (χ1v) is 7.31. The van der Waals surface area contributed by atoms with Gasteiger partial charge in [0, 0.05) is 23.7 Å². The second kappa shape index (κ2) is 8.99. The van der Waals surface area contributed by atoms with Gasteiger partial charge >= 0.3 is 5.97 Å². The van der Waals surface area contributed by atoms with E-state index in [1.807, 2.05) is 0 Å². The van der Waals surface area contributed by atoms with Crippen LogP contribution in [0.15, 0.2) is 36.4 Å². The number of hydrogen-bond donors (Lipinski definition) is 2. The van der Waals surface area contributed by atoms with Gasteiger partial charge in [0.15, 0.2) is 0 Å². The molecule has 2 rings (SSSR count). The van der Waals surface area contributed by atoms with Crippen LogP contribution in [0.2, 0.25) is 10.0 Å². The van der Waals surface area contributed by atoms with E-state index in [2.05, 4.69) is 5.32 Å². The third kappa shape index (κ3) is 5.29. The van der Waals surface area contributed by atoms with Crippen molar-refractivity contribution in [1.29, 1.82) is 0 Å². The van der Waals surface area contributed by atoms with Gasteiger partial charge in [0.1, 0.15) is 5.75 Å². The molecule has 0 spiro atoms. The largest absolute Gasteiger partial charge is 1.00 e. The molecule has 0 aliphatic rings. The molecule has 2 aromatic carbocycles. The Bertz CT molecular complexity index is 675. The second-order valence-corrected chi connectivity index (χ2v) is 5.53. The average Bonchev–Trinajstić information content (AvgIpc) is 2.47. The standard InChI is InChI=1S/C16H15Cl2NO3.ClH/c1-22-15-12(6-13(17)7-14(15)18)9-19-8-10-2-4-11(5-3-10)16(20)21;/h2-7,19H,8-9H2,1H3,(H,20,21);1H/p-1. The lowest BCUT2D eigenvalue weighted by molar-refractivity contribution is -0.0000201. The maximum absolute atomic E-state index is 10.8. The van der Waals surface area contributed by atoms with E-state index in [1.54, 1.807) is 43.5 Å². The first-order chi connectivity index (χ1) is 10.5. The molecule has 0 saturated carbocycles. The molecule has 0 aliphatic heterocycles. The maximum atomic E-state index is 10.8. The number of hydrogen-bond acceptors (Lipinski definition) is 3. The van der Waals surface area contributed by atoms with Crippen LogP contribution < -0.4 is 22.5 Å². The molecular weight excluding hydrogens is 361 g/mol. The summed E-state index contributed by atoms with van der Waals surface area (Å²) in [6.45, 7) is 1.12. The highest BCUT2D eigenvalue weighted by Gasteiger charge is 2.09. The molecule has 0 fully saturated rings. The number of aromatic carboxylic acids is 1. The third-order valence-electron chi connectivity index (χ3n) is 3.13. The first kappa shape index (κ1) is 19.6. The molecule has 0 radical (unpaired) electrons. The summed E-state index contributed by atoms with van der Waals surface area (Å²) >= 11 is 12.1. The lowest BCUT2D eigenvalue weighted by Gasteiger charge is -2.12. The zero-order valence-corrected chi connectivity index (χ0v) is 14.5. The van der Waals surface area contributed by atoms with Gasteiger partial charge in [-0.1, -0.05) is 35.3 Å². The van der Waals surface area contributed by atoms with E-state index in [0.717, 1.165) is 11.1 Å². The van der Waals surface area contributed by atoms with E-state index in [9.17, 15) is 4.79 Å². The SMILES string of the molecule is COc1c(Cl)cc(Cl)cc1CNCc1ccc(C(=O)O)cc1.[Cl-]. The summed E-state index contributed by atoms with van der Waals surface area (Å²) in [7, 11) is 1.56. The fraction of sp³-hybridized carbons (Fsp3) is 0.188. The highest BCUT2D eigenvalue weighted by atomic mass is 35.5. The molecule has 124 valence electrons. The molecule has 0 aliphatic carbocycles. The van der Waals surface area contributed by atoms with Crippen LogP contribution in [0.25, 0.3) is 0 Å². The number of ether oxygens (including phenoxy) is 1. The average molecular weight is 376 g/mol. The van der Waals surface area contributed by atoms with Gasteiger partial charge in [-0.3, -0.25) is 0 Å². The van der Waals surface area contributed by atoms with Crippen LogP contribution in [0.5, 0.6) is 5.75 Å². The van der Waals surface area contributed by atoms with Gasteiger partial charge in [-0.25, -0.2) is 4.79 Å². The molecule has 0 atom stereocenters. The molecule has 0 amide bonds. The lowest BCUT2D eigenvalue weighted by Crippen LogP contribution is -3.00. The molecule has 0 aromatic heterocycles. The van der Waals surface area contributed by atoms with Crippen molar-refractivity contribution < 1.29 is 27.0 Å². The monoisotopic (exact) mass is 374 g/mol. The Morgan fingerprint density at radius 2 is 1.83 bits per heavy atom. The second-order valence-electron chi connectivity index (χ2n) is 4.69. The van der Waals surface area contributed by atoms with Crippen LogP contribution in [-0.2, 0) is 13.1 Å². The minimum absolute atomic E-state index is 0. The van der Waals surface area contributed by atoms with Crippen molar-refractivity contribution >= 4 is 29.2 Å². The zero-order chi connectivity index (χ0) is 16.1. The lowest BCUT2D eigenvalue weighted by atomic mass is 10.1. The number of rotatable bonds is 6. The summed E-state index contributed by atoms with van der Waals surface area (Å²) in [6.07, 6.45) is 0. The predicted octanol–water partition coefficient (Wildman–Crippen LogP) is 0.994. The van der Waals surface area contributed by atoms with Gasteiger partial charge in [-0.15, -0.1) is 0 Å². The number of methoxy groups -OCH3 is 1. The van der Waals surface area contributed by atoms with Gasteiger partial charge in [0.2, 0.25) is 0 Å². The summed E-state index contributed by atoms with van der Waals surface area (Å²) in [5.74, 6) is -0.336. The molecule has 2 N–H and O–H groups in total. The van der Waals surface area contributed by atoms with E-state index >= 15 is 0 Å². The van der Waals surface area contributed by atoms with Gasteiger partial charge < -0.3 is 27.6 Å². The fourth-order valence-corrected chi connectivity index (χ4v) is 2.69. The molecule has 7 heteroatoms. The smallest absolute Gasteiger partial charge is 0.335 e. The van der Waals surface area contributed by atoms with Gasteiger partial charge in [0.05, 0.1) is 17.7 Å². The molecule has 0 saturated heterocycles. The van der Waals surface area contributed by atoms with Crippen LogP contribution in [0.1, 0.15) is 21.5 Å². The van der Waals surface area contributed by atoms with Crippen LogP contribution in [0.4, 0.5) is 0 Å². The minimum Gasteiger partial charge on any atom is -1.00 e. The van der Waals surface area contributed by atoms with Crippen molar-refractivity contribution in [2.45, 2.75) is 13.1 Å². The molecule has 23 heavy (non-hydrogen) atoms. The molecule has 2 aromatic rings. The summed E-state index contributed by atoms with van der Waals surface area (Å²) in [5, 5.41) is 13.1. The van der Waals surface area contributed by atoms with Crippen LogP contribution >= 0.6 is 23.2 Å². The summed E-state index contributed by atoms with van der Waals surface area (Å²) < 4.78 is 5.28. The van der Waals surface area contributed by atoms with E-state index in [0.29, 0.717) is 28.9 Å². The third-order valence-corrected chi connectivity index (χ3v) is 3.63. The molecule has 0 heterocycles. The first-order valence-electron chi connectivity index (χ1n) is 6.56. The normalized spacial score (nSPS) is 10.0. The predicted molar refractivity (Wildman–Crippen MR) is 87.0 cm³/mol. The Balaban J connectivity index is 0.00000264. The van der Waals surface area contributed by atoms with Crippen molar-refractivity contribution in [3.05, 3.63) is 63.1 Å². The number of carboxylic acids is 1. The summed E-state index contributed by atoms with van der Waals surface area (Å²) in [6, 6.07) is 10.1. The van der Waals surface area contributed by atoms with E-state index in [4.69, 9.17) is 33.0 Å². The zero-order valence-electron chi connectivity index (χ0n) is 12.3. The topological polar surface area (TPSA) is 58.6 Å². The van der Waals surface area contributed by atoms with Gasteiger partial charge in [-0.2, -0.15) is 0 Å². The molecule has 0 unspecified atom stereocenters. The number of nitrogens with one attached hydrogen (secondary N) is 1. The van der Waals surface area contributed by atoms with Crippen LogP contribution in [0, 0.1) is 0 Å². The number of carbonyl (C=O) groups is 1. The van der Waals surface area contributed by atoms with Crippen molar-refractivity contribution in [2.75, 3.05) is 7.11 Å². The van der Waals surface area contributed by atoms with Crippen molar-refractivity contribution in [1.82, 2.24) is 5.32 Å². The Hall–Kier alpha value is -1.46. The summed E-state index contributed by atoms with van der Waals surface area (Å²) in [5.41, 5.74) is 2.12. The molecule has 4 nitrogen and oxygen atoms in total. The number of carboxylic acid groups (broad SMARTS) is 1. The van der Waals surface area contributed by atoms with Crippen molar-refractivity contribution in [2.24, 2.45) is 0 Å². The van der Waals surface area contributed by atoms with Crippen LogP contribution in [-0.4, -0.2) is 18.2 Å². The Labute approximate surface area is 150 Å².